The zero-order valence-electron chi connectivity index (χ0n) is 10.2. The van der Waals surface area contributed by atoms with Gasteiger partial charge in [0.15, 0.2) is 0 Å². The molecule has 1 rings (SSSR count). The Morgan fingerprint density at radius 3 is 3.00 bits per heavy atom. The highest BCUT2D eigenvalue weighted by Crippen LogP contribution is 2.16. The maximum absolute atomic E-state index is 11.5. The summed E-state index contributed by atoms with van der Waals surface area (Å²) in [6, 6.07) is 7.08. The Kier molecular flexibility index (Phi) is 6.32. The maximum atomic E-state index is 11.5. The van der Waals surface area contributed by atoms with Gasteiger partial charge >= 0.3 is 6.03 Å². The second kappa shape index (κ2) is 7.84. The molecule has 2 amide bonds. The third kappa shape index (κ3) is 5.49. The number of carbonyl (C=O) groups is 1. The molecule has 2 N–H and O–H groups in total. The fraction of sp³-hybridized carbons (Fsp3) is 0.417. The predicted molar refractivity (Wildman–Crippen MR) is 73.0 cm³/mol. The summed E-state index contributed by atoms with van der Waals surface area (Å²) in [6.07, 6.45) is 0. The van der Waals surface area contributed by atoms with Crippen molar-refractivity contribution in [3.05, 3.63) is 24.3 Å². The lowest BCUT2D eigenvalue weighted by atomic mass is 10.3. The first-order valence-corrected chi connectivity index (χ1v) is 6.68. The minimum atomic E-state index is -0.185. The van der Waals surface area contributed by atoms with Gasteiger partial charge in [0.2, 0.25) is 0 Å². The van der Waals surface area contributed by atoms with Crippen LogP contribution in [-0.4, -0.2) is 31.2 Å². The number of hydrogen-bond acceptors (Lipinski definition) is 3. The van der Waals surface area contributed by atoms with Crippen molar-refractivity contribution in [3.8, 4) is 5.75 Å². The number of thioether (sulfide) groups is 1. The number of benzene rings is 1. The second-order valence-corrected chi connectivity index (χ2v) is 4.70. The van der Waals surface area contributed by atoms with E-state index in [0.29, 0.717) is 6.54 Å². The van der Waals surface area contributed by atoms with E-state index in [-0.39, 0.29) is 6.03 Å². The molecule has 0 saturated heterocycles. The Morgan fingerprint density at radius 2 is 2.29 bits per heavy atom. The van der Waals surface area contributed by atoms with Crippen LogP contribution in [0.3, 0.4) is 0 Å². The molecule has 0 aliphatic rings. The number of methoxy groups -OCH3 is 1. The van der Waals surface area contributed by atoms with Gasteiger partial charge < -0.3 is 15.4 Å². The molecule has 1 aromatic rings. The van der Waals surface area contributed by atoms with E-state index in [9.17, 15) is 4.79 Å². The SMILES string of the molecule is CCSCCNC(=O)Nc1cccc(OC)c1. The van der Waals surface area contributed by atoms with Crippen molar-refractivity contribution < 1.29 is 9.53 Å². The van der Waals surface area contributed by atoms with Crippen molar-refractivity contribution in [1.29, 1.82) is 0 Å². The third-order valence-corrected chi connectivity index (χ3v) is 2.96. The molecule has 0 spiro atoms. The number of carbonyl (C=O) groups excluding carboxylic acids is 1. The average Bonchev–Trinajstić information content (AvgIpc) is 2.35. The van der Waals surface area contributed by atoms with Gasteiger partial charge in [-0.3, -0.25) is 0 Å². The summed E-state index contributed by atoms with van der Waals surface area (Å²) in [5.41, 5.74) is 0.727. The van der Waals surface area contributed by atoms with Crippen molar-refractivity contribution in [2.45, 2.75) is 6.92 Å². The number of amides is 2. The van der Waals surface area contributed by atoms with Gasteiger partial charge in [-0.05, 0) is 17.9 Å². The van der Waals surface area contributed by atoms with Crippen LogP contribution in [0.15, 0.2) is 24.3 Å². The van der Waals surface area contributed by atoms with Crippen LogP contribution in [0, 0.1) is 0 Å². The minimum Gasteiger partial charge on any atom is -0.497 e. The number of ether oxygens (including phenoxy) is 1. The number of urea groups is 1. The number of rotatable bonds is 6. The van der Waals surface area contributed by atoms with Crippen molar-refractivity contribution >= 4 is 23.5 Å². The van der Waals surface area contributed by atoms with E-state index >= 15 is 0 Å². The van der Waals surface area contributed by atoms with E-state index in [1.165, 1.54) is 0 Å². The molecule has 0 unspecified atom stereocenters. The van der Waals surface area contributed by atoms with E-state index in [1.54, 1.807) is 24.9 Å². The Balaban J connectivity index is 2.34. The topological polar surface area (TPSA) is 50.4 Å². The van der Waals surface area contributed by atoms with Gasteiger partial charge in [0.25, 0.3) is 0 Å². The van der Waals surface area contributed by atoms with E-state index < -0.39 is 0 Å². The van der Waals surface area contributed by atoms with E-state index in [4.69, 9.17) is 4.74 Å². The molecule has 0 fully saturated rings. The minimum absolute atomic E-state index is 0.185. The van der Waals surface area contributed by atoms with E-state index in [0.717, 1.165) is 22.9 Å². The molecule has 0 atom stereocenters. The van der Waals surface area contributed by atoms with Gasteiger partial charge in [-0.15, -0.1) is 0 Å². The average molecular weight is 254 g/mol. The summed E-state index contributed by atoms with van der Waals surface area (Å²) in [4.78, 5) is 11.5. The number of hydrogen-bond donors (Lipinski definition) is 2. The maximum Gasteiger partial charge on any atom is 0.319 e. The summed E-state index contributed by atoms with van der Waals surface area (Å²) in [7, 11) is 1.60. The van der Waals surface area contributed by atoms with Gasteiger partial charge in [-0.1, -0.05) is 13.0 Å². The third-order valence-electron chi connectivity index (χ3n) is 2.06. The van der Waals surface area contributed by atoms with Gasteiger partial charge in [-0.2, -0.15) is 11.8 Å². The summed E-state index contributed by atoms with van der Waals surface area (Å²) in [5.74, 6) is 2.73. The molecule has 0 bridgehead atoms. The highest BCUT2D eigenvalue weighted by molar-refractivity contribution is 7.99. The van der Waals surface area contributed by atoms with Crippen LogP contribution in [-0.2, 0) is 0 Å². The molecule has 0 aliphatic carbocycles. The summed E-state index contributed by atoms with van der Waals surface area (Å²) in [6.45, 7) is 2.77. The summed E-state index contributed by atoms with van der Waals surface area (Å²) < 4.78 is 5.07. The van der Waals surface area contributed by atoms with Crippen molar-refractivity contribution in [1.82, 2.24) is 5.32 Å². The zero-order chi connectivity index (χ0) is 12.5. The van der Waals surface area contributed by atoms with E-state index in [1.807, 2.05) is 18.2 Å². The van der Waals surface area contributed by atoms with Crippen molar-refractivity contribution in [2.24, 2.45) is 0 Å². The van der Waals surface area contributed by atoms with Gasteiger partial charge in [-0.25, -0.2) is 4.79 Å². The molecule has 94 valence electrons. The van der Waals surface area contributed by atoms with Crippen LogP contribution in [0.4, 0.5) is 10.5 Å². The monoisotopic (exact) mass is 254 g/mol. The normalized spacial score (nSPS) is 9.76. The first kappa shape index (κ1) is 13.7. The lowest BCUT2D eigenvalue weighted by Crippen LogP contribution is -2.30. The standard InChI is InChI=1S/C12H18N2O2S/c1-3-17-8-7-13-12(15)14-10-5-4-6-11(9-10)16-2/h4-6,9H,3,7-8H2,1-2H3,(H2,13,14,15). The number of nitrogens with one attached hydrogen (secondary N) is 2. The second-order valence-electron chi connectivity index (χ2n) is 3.31. The summed E-state index contributed by atoms with van der Waals surface area (Å²) >= 11 is 1.80. The van der Waals surface area contributed by atoms with Gasteiger partial charge in [0.05, 0.1) is 7.11 Å². The van der Waals surface area contributed by atoms with Crippen molar-refractivity contribution in [3.63, 3.8) is 0 Å². The van der Waals surface area contributed by atoms with Crippen LogP contribution >= 0.6 is 11.8 Å². The Bertz CT molecular complexity index is 358. The quantitative estimate of drug-likeness (QED) is 0.767. The molecular weight excluding hydrogens is 236 g/mol. The largest absolute Gasteiger partial charge is 0.497 e. The van der Waals surface area contributed by atoms with E-state index in [2.05, 4.69) is 17.6 Å². The molecule has 0 saturated carbocycles. The fourth-order valence-corrected chi connectivity index (χ4v) is 1.79. The summed E-state index contributed by atoms with van der Waals surface area (Å²) in [5, 5.41) is 5.55. The number of anilines is 1. The van der Waals surface area contributed by atoms with Gasteiger partial charge in [0.1, 0.15) is 5.75 Å². The van der Waals surface area contributed by atoms with Crippen LogP contribution in [0.2, 0.25) is 0 Å². The first-order valence-electron chi connectivity index (χ1n) is 5.53. The fourth-order valence-electron chi connectivity index (χ4n) is 1.26. The highest BCUT2D eigenvalue weighted by Gasteiger charge is 2.01. The zero-order valence-corrected chi connectivity index (χ0v) is 11.0. The lowest BCUT2D eigenvalue weighted by molar-refractivity contribution is 0.252. The molecule has 0 aliphatic heterocycles. The van der Waals surface area contributed by atoms with Crippen LogP contribution in [0.1, 0.15) is 6.92 Å². The van der Waals surface area contributed by atoms with Crippen LogP contribution in [0.25, 0.3) is 0 Å². The molecule has 0 radical (unpaired) electrons. The molecule has 1 aromatic carbocycles. The Morgan fingerprint density at radius 1 is 1.47 bits per heavy atom. The Labute approximate surface area is 106 Å². The van der Waals surface area contributed by atoms with Crippen LogP contribution in [0.5, 0.6) is 5.75 Å². The smallest absolute Gasteiger partial charge is 0.319 e. The first-order chi connectivity index (χ1) is 8.26. The lowest BCUT2D eigenvalue weighted by Gasteiger charge is -2.08. The van der Waals surface area contributed by atoms with Crippen LogP contribution < -0.4 is 15.4 Å². The molecule has 17 heavy (non-hydrogen) atoms. The molecule has 4 nitrogen and oxygen atoms in total. The molecule has 0 heterocycles. The van der Waals surface area contributed by atoms with Crippen molar-refractivity contribution in [2.75, 3.05) is 30.5 Å². The Hall–Kier alpha value is -1.36. The molecular formula is C12H18N2O2S. The van der Waals surface area contributed by atoms with Gasteiger partial charge in [0, 0.05) is 24.1 Å². The molecule has 5 heteroatoms. The predicted octanol–water partition coefficient (Wildman–Crippen LogP) is 2.57. The highest BCUT2D eigenvalue weighted by atomic mass is 32.2. The molecule has 0 aromatic heterocycles.